The molecule has 0 heterocycles. The first kappa shape index (κ1) is 31.6. The highest BCUT2D eigenvalue weighted by atomic mass is 35.5. The van der Waals surface area contributed by atoms with Crippen molar-refractivity contribution < 1.29 is 18.0 Å². The van der Waals surface area contributed by atoms with E-state index in [1.807, 2.05) is 32.9 Å². The van der Waals surface area contributed by atoms with E-state index in [0.717, 1.165) is 58.7 Å². The molecule has 0 bridgehead atoms. The molecule has 2 amide bonds. The lowest BCUT2D eigenvalue weighted by Gasteiger charge is -2.33. The molecule has 1 atom stereocenters. The van der Waals surface area contributed by atoms with Crippen molar-refractivity contribution in [3.05, 3.63) is 94.0 Å². The Bertz CT molecular complexity index is 1500. The Morgan fingerprint density at radius 3 is 2.17 bits per heavy atom. The summed E-state index contributed by atoms with van der Waals surface area (Å²) in [7, 11) is -4.12. The number of amides is 2. The van der Waals surface area contributed by atoms with Gasteiger partial charge in [-0.25, -0.2) is 8.42 Å². The van der Waals surface area contributed by atoms with Gasteiger partial charge >= 0.3 is 0 Å². The lowest BCUT2D eigenvalue weighted by Crippen LogP contribution is -2.53. The molecule has 42 heavy (non-hydrogen) atoms. The molecule has 3 aromatic rings. The van der Waals surface area contributed by atoms with E-state index < -0.39 is 28.5 Å². The molecule has 0 radical (unpaired) electrons. The van der Waals surface area contributed by atoms with Crippen molar-refractivity contribution in [2.24, 2.45) is 0 Å². The molecule has 0 spiro atoms. The van der Waals surface area contributed by atoms with Crippen LogP contribution in [0.2, 0.25) is 5.02 Å². The van der Waals surface area contributed by atoms with Crippen LogP contribution in [0.1, 0.15) is 61.3 Å². The number of anilines is 1. The maximum absolute atomic E-state index is 14.2. The number of nitrogens with zero attached hydrogens (tertiary/aromatic N) is 2. The lowest BCUT2D eigenvalue weighted by atomic mass is 9.95. The van der Waals surface area contributed by atoms with E-state index in [1.165, 1.54) is 4.90 Å². The second kappa shape index (κ2) is 13.7. The molecule has 1 unspecified atom stereocenters. The molecular formula is C33H40ClN3O4S. The normalized spacial score (nSPS) is 14.7. The maximum atomic E-state index is 14.2. The van der Waals surface area contributed by atoms with Crippen molar-refractivity contribution in [1.82, 2.24) is 10.2 Å². The fourth-order valence-electron chi connectivity index (χ4n) is 5.44. The Labute approximate surface area is 254 Å². The monoisotopic (exact) mass is 609 g/mol. The zero-order chi connectivity index (χ0) is 30.4. The van der Waals surface area contributed by atoms with Crippen LogP contribution in [0.25, 0.3) is 0 Å². The van der Waals surface area contributed by atoms with E-state index in [2.05, 4.69) is 5.32 Å². The molecule has 3 aromatic carbocycles. The van der Waals surface area contributed by atoms with Crippen LogP contribution < -0.4 is 9.62 Å². The number of carbonyl (C=O) groups excluding carboxylic acids is 2. The van der Waals surface area contributed by atoms with Crippen molar-refractivity contribution in [2.45, 2.75) is 83.3 Å². The first-order chi connectivity index (χ1) is 19.9. The number of aryl methyl sites for hydroxylation is 3. The Balaban J connectivity index is 1.70. The van der Waals surface area contributed by atoms with Crippen LogP contribution >= 0.6 is 11.6 Å². The molecule has 1 aliphatic carbocycles. The van der Waals surface area contributed by atoms with Gasteiger partial charge < -0.3 is 10.2 Å². The van der Waals surface area contributed by atoms with Gasteiger partial charge in [0.05, 0.1) is 10.6 Å². The summed E-state index contributed by atoms with van der Waals surface area (Å²) in [6.07, 6.45) is 5.11. The average Bonchev–Trinajstić information content (AvgIpc) is 2.94. The summed E-state index contributed by atoms with van der Waals surface area (Å²) in [6.45, 7) is 6.98. The first-order valence-corrected chi connectivity index (χ1v) is 16.3. The quantitative estimate of drug-likeness (QED) is 0.291. The standard InChI is InChI=1S/C33H40ClN3O4S/c1-23-13-15-31(16-14-23)42(40,41)37(30-18-24(2)17-25(3)19-30)22-32(38)36(21-27-9-8-10-28(34)20-27)26(4)33(39)35-29-11-6-5-7-12-29/h8-10,13-20,26,29H,5-7,11-12,21-22H2,1-4H3,(H,35,39). The van der Waals surface area contributed by atoms with Crippen LogP contribution in [0.4, 0.5) is 5.69 Å². The third-order valence-corrected chi connectivity index (χ3v) is 9.77. The minimum Gasteiger partial charge on any atom is -0.352 e. The maximum Gasteiger partial charge on any atom is 0.264 e. The Morgan fingerprint density at radius 1 is 0.905 bits per heavy atom. The smallest absolute Gasteiger partial charge is 0.264 e. The molecule has 1 fully saturated rings. The fraction of sp³-hybridized carbons (Fsp3) is 0.394. The summed E-state index contributed by atoms with van der Waals surface area (Å²) in [6, 6.07) is 18.4. The fourth-order valence-corrected chi connectivity index (χ4v) is 7.05. The van der Waals surface area contributed by atoms with Crippen LogP contribution in [-0.4, -0.2) is 43.8 Å². The van der Waals surface area contributed by atoms with Crippen molar-refractivity contribution in [3.63, 3.8) is 0 Å². The molecule has 0 aromatic heterocycles. The summed E-state index contributed by atoms with van der Waals surface area (Å²) in [5.41, 5.74) is 3.81. The highest BCUT2D eigenvalue weighted by Crippen LogP contribution is 2.27. The number of benzene rings is 3. The molecule has 1 aliphatic rings. The van der Waals surface area contributed by atoms with E-state index in [0.29, 0.717) is 10.7 Å². The van der Waals surface area contributed by atoms with Gasteiger partial charge in [0.25, 0.3) is 10.0 Å². The Hall–Kier alpha value is -3.36. The van der Waals surface area contributed by atoms with Crippen molar-refractivity contribution in [2.75, 3.05) is 10.8 Å². The molecule has 1 saturated carbocycles. The van der Waals surface area contributed by atoms with Gasteiger partial charge in [0, 0.05) is 17.6 Å². The van der Waals surface area contributed by atoms with Crippen LogP contribution in [0.5, 0.6) is 0 Å². The molecule has 0 aliphatic heterocycles. The SMILES string of the molecule is Cc1ccc(S(=O)(=O)N(CC(=O)N(Cc2cccc(Cl)c2)C(C)C(=O)NC2CCCCC2)c2cc(C)cc(C)c2)cc1. The van der Waals surface area contributed by atoms with Crippen LogP contribution in [0.3, 0.4) is 0 Å². The molecule has 9 heteroatoms. The van der Waals surface area contributed by atoms with E-state index in [1.54, 1.807) is 61.5 Å². The number of nitrogens with one attached hydrogen (secondary N) is 1. The first-order valence-electron chi connectivity index (χ1n) is 14.5. The number of hydrogen-bond donors (Lipinski definition) is 1. The topological polar surface area (TPSA) is 86.8 Å². The number of halogens is 1. The summed E-state index contributed by atoms with van der Waals surface area (Å²) >= 11 is 6.24. The van der Waals surface area contributed by atoms with Crippen LogP contribution in [-0.2, 0) is 26.2 Å². The second-order valence-electron chi connectivity index (χ2n) is 11.3. The number of sulfonamides is 1. The van der Waals surface area contributed by atoms with Gasteiger partial charge in [-0.3, -0.25) is 13.9 Å². The summed E-state index contributed by atoms with van der Waals surface area (Å²) in [4.78, 5) is 29.1. The average molecular weight is 610 g/mol. The van der Waals surface area contributed by atoms with Crippen molar-refractivity contribution in [3.8, 4) is 0 Å². The Morgan fingerprint density at radius 2 is 1.55 bits per heavy atom. The molecule has 7 nitrogen and oxygen atoms in total. The van der Waals surface area contributed by atoms with Gasteiger partial charge in [-0.15, -0.1) is 0 Å². The molecular weight excluding hydrogens is 570 g/mol. The highest BCUT2D eigenvalue weighted by Gasteiger charge is 2.33. The van der Waals surface area contributed by atoms with Crippen LogP contribution in [0, 0.1) is 20.8 Å². The highest BCUT2D eigenvalue weighted by molar-refractivity contribution is 7.92. The number of carbonyl (C=O) groups is 2. The van der Waals surface area contributed by atoms with Crippen molar-refractivity contribution >= 4 is 39.1 Å². The zero-order valence-electron chi connectivity index (χ0n) is 24.8. The van der Waals surface area contributed by atoms with Gasteiger partial charge in [0.15, 0.2) is 0 Å². The summed E-state index contributed by atoms with van der Waals surface area (Å²) in [5.74, 6) is -0.743. The summed E-state index contributed by atoms with van der Waals surface area (Å²) in [5, 5.41) is 3.63. The lowest BCUT2D eigenvalue weighted by molar-refractivity contribution is -0.139. The predicted molar refractivity (Wildman–Crippen MR) is 168 cm³/mol. The van der Waals surface area contributed by atoms with E-state index in [4.69, 9.17) is 11.6 Å². The summed E-state index contributed by atoms with van der Waals surface area (Å²) < 4.78 is 29.3. The van der Waals surface area contributed by atoms with E-state index in [-0.39, 0.29) is 23.4 Å². The van der Waals surface area contributed by atoms with Crippen molar-refractivity contribution in [1.29, 1.82) is 0 Å². The van der Waals surface area contributed by atoms with Gasteiger partial charge in [-0.1, -0.05) is 66.8 Å². The predicted octanol–water partition coefficient (Wildman–Crippen LogP) is 6.33. The Kier molecular flexibility index (Phi) is 10.3. The van der Waals surface area contributed by atoms with Gasteiger partial charge in [0.1, 0.15) is 12.6 Å². The molecule has 0 saturated heterocycles. The van der Waals surface area contributed by atoms with E-state index in [9.17, 15) is 18.0 Å². The van der Waals surface area contributed by atoms with Gasteiger partial charge in [0.2, 0.25) is 11.8 Å². The minimum absolute atomic E-state index is 0.0745. The van der Waals surface area contributed by atoms with E-state index >= 15 is 0 Å². The minimum atomic E-state index is -4.12. The molecule has 4 rings (SSSR count). The third kappa shape index (κ3) is 7.92. The number of rotatable bonds is 10. The van der Waals surface area contributed by atoms with Gasteiger partial charge in [-0.2, -0.15) is 0 Å². The van der Waals surface area contributed by atoms with Crippen LogP contribution in [0.15, 0.2) is 71.6 Å². The third-order valence-electron chi connectivity index (χ3n) is 7.74. The zero-order valence-corrected chi connectivity index (χ0v) is 26.3. The van der Waals surface area contributed by atoms with Gasteiger partial charge in [-0.05, 0) is 93.6 Å². The molecule has 224 valence electrons. The number of hydrogen-bond acceptors (Lipinski definition) is 4. The molecule has 1 N–H and O–H groups in total. The largest absolute Gasteiger partial charge is 0.352 e. The second-order valence-corrected chi connectivity index (χ2v) is 13.6.